The first-order valence-corrected chi connectivity index (χ1v) is 8.67. The maximum Gasteiger partial charge on any atom is 0.253 e. The average molecular weight is 362 g/mol. The Morgan fingerprint density at radius 2 is 1.81 bits per heavy atom. The highest BCUT2D eigenvalue weighted by Gasteiger charge is 2.12. The van der Waals surface area contributed by atoms with Crippen molar-refractivity contribution in [3.8, 4) is 5.75 Å². The van der Waals surface area contributed by atoms with Crippen molar-refractivity contribution in [3.05, 3.63) is 78.2 Å². The van der Waals surface area contributed by atoms with E-state index in [1.807, 2.05) is 36.4 Å². The second-order valence-electron chi connectivity index (χ2n) is 6.12. The molecule has 27 heavy (non-hydrogen) atoms. The number of likely N-dealkylation sites (N-methyl/N-ethyl adjacent to an activating group) is 1. The molecule has 1 amide bonds. The normalized spacial score (nSPS) is 10.3. The topological polar surface area (TPSA) is 67.3 Å². The second kappa shape index (κ2) is 8.80. The number of methoxy groups -OCH3 is 1. The standard InChI is InChI=1S/C21H22N4O2/c1-25(14-10-16-7-11-22-12-8-16)21(26)17-9-13-23-20(15-17)24-18-3-5-19(27-2)6-4-18/h3-9,11-13,15H,10,14H2,1-2H3,(H,23,24). The average Bonchev–Trinajstić information content (AvgIpc) is 2.73. The number of carbonyl (C=O) groups excluding carboxylic acids is 1. The summed E-state index contributed by atoms with van der Waals surface area (Å²) >= 11 is 0. The van der Waals surface area contributed by atoms with E-state index < -0.39 is 0 Å². The van der Waals surface area contributed by atoms with E-state index in [1.54, 1.807) is 49.8 Å². The van der Waals surface area contributed by atoms with Gasteiger partial charge in [0, 0.05) is 43.4 Å². The van der Waals surface area contributed by atoms with Crippen LogP contribution in [0.5, 0.6) is 5.75 Å². The van der Waals surface area contributed by atoms with Crippen LogP contribution in [0.25, 0.3) is 0 Å². The van der Waals surface area contributed by atoms with Gasteiger partial charge in [0.15, 0.2) is 0 Å². The van der Waals surface area contributed by atoms with E-state index in [0.717, 1.165) is 23.4 Å². The van der Waals surface area contributed by atoms with Crippen molar-refractivity contribution in [2.75, 3.05) is 26.0 Å². The molecule has 0 bridgehead atoms. The highest BCUT2D eigenvalue weighted by molar-refractivity contribution is 5.94. The number of nitrogens with one attached hydrogen (secondary N) is 1. The second-order valence-corrected chi connectivity index (χ2v) is 6.12. The molecule has 6 nitrogen and oxygen atoms in total. The molecule has 0 saturated carbocycles. The molecule has 0 saturated heterocycles. The summed E-state index contributed by atoms with van der Waals surface area (Å²) in [6.07, 6.45) is 5.94. The van der Waals surface area contributed by atoms with E-state index in [0.29, 0.717) is 17.9 Å². The van der Waals surface area contributed by atoms with Gasteiger partial charge in [0.1, 0.15) is 11.6 Å². The van der Waals surface area contributed by atoms with Crippen molar-refractivity contribution in [2.45, 2.75) is 6.42 Å². The van der Waals surface area contributed by atoms with Crippen LogP contribution in [0.2, 0.25) is 0 Å². The molecule has 0 aliphatic carbocycles. The Balaban J connectivity index is 1.63. The fraction of sp³-hybridized carbons (Fsp3) is 0.190. The molecule has 0 atom stereocenters. The highest BCUT2D eigenvalue weighted by atomic mass is 16.5. The van der Waals surface area contributed by atoms with Crippen molar-refractivity contribution < 1.29 is 9.53 Å². The number of rotatable bonds is 7. The Labute approximate surface area is 158 Å². The quantitative estimate of drug-likeness (QED) is 0.696. The molecule has 0 unspecified atom stereocenters. The first kappa shape index (κ1) is 18.4. The summed E-state index contributed by atoms with van der Waals surface area (Å²) in [5.41, 5.74) is 2.62. The third-order valence-corrected chi connectivity index (χ3v) is 4.20. The van der Waals surface area contributed by atoms with Gasteiger partial charge in [0.05, 0.1) is 7.11 Å². The summed E-state index contributed by atoms with van der Waals surface area (Å²) < 4.78 is 5.15. The molecular formula is C21H22N4O2. The largest absolute Gasteiger partial charge is 0.497 e. The van der Waals surface area contributed by atoms with Gasteiger partial charge < -0.3 is 15.0 Å². The molecule has 3 aromatic rings. The van der Waals surface area contributed by atoms with Crippen LogP contribution in [0.4, 0.5) is 11.5 Å². The minimum absolute atomic E-state index is 0.0377. The van der Waals surface area contributed by atoms with Crippen molar-refractivity contribution in [1.29, 1.82) is 0 Å². The van der Waals surface area contributed by atoms with Gasteiger partial charge in [-0.2, -0.15) is 0 Å². The smallest absolute Gasteiger partial charge is 0.253 e. The van der Waals surface area contributed by atoms with Crippen LogP contribution < -0.4 is 10.1 Å². The molecule has 1 N–H and O–H groups in total. The number of hydrogen-bond acceptors (Lipinski definition) is 5. The fourth-order valence-corrected chi connectivity index (χ4v) is 2.62. The van der Waals surface area contributed by atoms with E-state index in [-0.39, 0.29) is 5.91 Å². The molecule has 138 valence electrons. The lowest BCUT2D eigenvalue weighted by atomic mass is 10.2. The van der Waals surface area contributed by atoms with Gasteiger partial charge >= 0.3 is 0 Å². The molecule has 2 heterocycles. The van der Waals surface area contributed by atoms with Crippen LogP contribution in [0.15, 0.2) is 67.1 Å². The first-order valence-electron chi connectivity index (χ1n) is 8.67. The third-order valence-electron chi connectivity index (χ3n) is 4.20. The summed E-state index contributed by atoms with van der Waals surface area (Å²) in [6.45, 7) is 0.631. The molecule has 0 spiro atoms. The van der Waals surface area contributed by atoms with Crippen molar-refractivity contribution in [1.82, 2.24) is 14.9 Å². The van der Waals surface area contributed by atoms with Crippen LogP contribution in [0.3, 0.4) is 0 Å². The van der Waals surface area contributed by atoms with E-state index in [2.05, 4.69) is 15.3 Å². The van der Waals surface area contributed by atoms with E-state index >= 15 is 0 Å². The molecule has 3 rings (SSSR count). The predicted molar refractivity (Wildman–Crippen MR) is 105 cm³/mol. The maximum atomic E-state index is 12.7. The summed E-state index contributed by atoms with van der Waals surface area (Å²) in [6, 6.07) is 14.9. The number of benzene rings is 1. The molecule has 0 fully saturated rings. The molecular weight excluding hydrogens is 340 g/mol. The predicted octanol–water partition coefficient (Wildman–Crippen LogP) is 3.54. The van der Waals surface area contributed by atoms with Crippen molar-refractivity contribution in [3.63, 3.8) is 0 Å². The fourth-order valence-electron chi connectivity index (χ4n) is 2.62. The lowest BCUT2D eigenvalue weighted by molar-refractivity contribution is 0.0796. The molecule has 1 aromatic carbocycles. The number of carbonyl (C=O) groups is 1. The molecule has 0 radical (unpaired) electrons. The monoisotopic (exact) mass is 362 g/mol. The molecule has 6 heteroatoms. The summed E-state index contributed by atoms with van der Waals surface area (Å²) in [4.78, 5) is 22.7. The van der Waals surface area contributed by atoms with Crippen LogP contribution in [0, 0.1) is 0 Å². The number of pyridine rings is 2. The zero-order chi connectivity index (χ0) is 19.1. The Bertz CT molecular complexity index is 882. The number of anilines is 2. The number of amides is 1. The van der Waals surface area contributed by atoms with Gasteiger partial charge in [-0.25, -0.2) is 4.98 Å². The lowest BCUT2D eigenvalue weighted by Gasteiger charge is -2.17. The zero-order valence-corrected chi connectivity index (χ0v) is 15.4. The summed E-state index contributed by atoms with van der Waals surface area (Å²) in [7, 11) is 3.44. The zero-order valence-electron chi connectivity index (χ0n) is 15.4. The maximum absolute atomic E-state index is 12.7. The minimum atomic E-state index is -0.0377. The Hall–Kier alpha value is -3.41. The van der Waals surface area contributed by atoms with Crippen LogP contribution in [0.1, 0.15) is 15.9 Å². The summed E-state index contributed by atoms with van der Waals surface area (Å²) in [5.74, 6) is 1.37. The van der Waals surface area contributed by atoms with Crippen molar-refractivity contribution >= 4 is 17.4 Å². The van der Waals surface area contributed by atoms with Gasteiger partial charge in [-0.15, -0.1) is 0 Å². The number of aromatic nitrogens is 2. The number of nitrogens with zero attached hydrogens (tertiary/aromatic N) is 3. The van der Waals surface area contributed by atoms with E-state index in [9.17, 15) is 4.79 Å². The first-order chi connectivity index (χ1) is 13.2. The number of hydrogen-bond donors (Lipinski definition) is 1. The Morgan fingerprint density at radius 3 is 2.52 bits per heavy atom. The SMILES string of the molecule is COc1ccc(Nc2cc(C(=O)N(C)CCc3ccncc3)ccn2)cc1. The van der Waals surface area contributed by atoms with Gasteiger partial charge in [-0.1, -0.05) is 0 Å². The van der Waals surface area contributed by atoms with Crippen LogP contribution in [-0.4, -0.2) is 41.5 Å². The van der Waals surface area contributed by atoms with Crippen molar-refractivity contribution in [2.24, 2.45) is 0 Å². The number of ether oxygens (including phenoxy) is 1. The Morgan fingerprint density at radius 1 is 1.07 bits per heavy atom. The highest BCUT2D eigenvalue weighted by Crippen LogP contribution is 2.19. The minimum Gasteiger partial charge on any atom is -0.497 e. The molecule has 0 aliphatic heterocycles. The van der Waals surface area contributed by atoms with Crippen LogP contribution in [-0.2, 0) is 6.42 Å². The van der Waals surface area contributed by atoms with Gasteiger partial charge in [0.2, 0.25) is 0 Å². The summed E-state index contributed by atoms with van der Waals surface area (Å²) in [5, 5.41) is 3.20. The molecule has 2 aromatic heterocycles. The Kier molecular flexibility index (Phi) is 5.99. The van der Waals surface area contributed by atoms with Gasteiger partial charge in [0.25, 0.3) is 5.91 Å². The third kappa shape index (κ3) is 5.04. The molecule has 0 aliphatic rings. The van der Waals surface area contributed by atoms with Gasteiger partial charge in [-0.3, -0.25) is 9.78 Å². The van der Waals surface area contributed by atoms with E-state index in [1.165, 1.54) is 0 Å². The van der Waals surface area contributed by atoms with Gasteiger partial charge in [-0.05, 0) is 60.5 Å². The lowest BCUT2D eigenvalue weighted by Crippen LogP contribution is -2.28. The van der Waals surface area contributed by atoms with Crippen LogP contribution >= 0.6 is 0 Å². The van der Waals surface area contributed by atoms with E-state index in [4.69, 9.17) is 4.74 Å².